The Morgan fingerprint density at radius 2 is 1.74 bits per heavy atom. The molecule has 2 heterocycles. The van der Waals surface area contributed by atoms with Crippen LogP contribution in [0.5, 0.6) is 0 Å². The quantitative estimate of drug-likeness (QED) is 0.528. The Bertz CT molecular complexity index is 1170. The Labute approximate surface area is 207 Å². The number of ether oxygens (including phenoxy) is 1. The molecule has 2 aromatic carbocycles. The van der Waals surface area contributed by atoms with Gasteiger partial charge in [-0.25, -0.2) is 14.8 Å². The molecule has 0 aliphatic carbocycles. The highest BCUT2D eigenvalue weighted by Gasteiger charge is 2.38. The van der Waals surface area contributed by atoms with E-state index in [0.29, 0.717) is 5.95 Å². The number of aliphatic hydroxyl groups is 1. The molecule has 1 aliphatic rings. The lowest BCUT2D eigenvalue weighted by Gasteiger charge is -2.41. The lowest BCUT2D eigenvalue weighted by Crippen LogP contribution is -2.56. The number of hydrogen-bond donors (Lipinski definition) is 2. The first kappa shape index (κ1) is 24.9. The maximum atomic E-state index is 12.4. The maximum absolute atomic E-state index is 12.4. The van der Waals surface area contributed by atoms with Crippen molar-refractivity contribution in [3.05, 3.63) is 54.7 Å². The van der Waals surface area contributed by atoms with Crippen LogP contribution in [-0.2, 0) is 4.74 Å². The molecule has 0 radical (unpaired) electrons. The topological polar surface area (TPSA) is 87.6 Å². The van der Waals surface area contributed by atoms with Gasteiger partial charge < -0.3 is 20.1 Å². The summed E-state index contributed by atoms with van der Waals surface area (Å²) in [6.45, 7) is 10.4. The highest BCUT2D eigenvalue weighted by Crippen LogP contribution is 2.30. The van der Waals surface area contributed by atoms with Gasteiger partial charge in [0, 0.05) is 24.8 Å². The summed E-state index contributed by atoms with van der Waals surface area (Å²) in [5.74, 6) is 0.816. The van der Waals surface area contributed by atoms with Crippen LogP contribution >= 0.6 is 0 Å². The number of carbonyl (C=O) groups is 1. The SMILES string of the molecule is CC(C)(C)OC(=O)N[C@H](C1CCN(c2nccc(-c3ccc4ccccc4c3)n2)CC1)C(C)(C)O. The summed E-state index contributed by atoms with van der Waals surface area (Å²) in [7, 11) is 0. The molecule has 2 N–H and O–H groups in total. The van der Waals surface area contributed by atoms with Crippen LogP contribution in [0.3, 0.4) is 0 Å². The van der Waals surface area contributed by atoms with Crippen LogP contribution in [0.1, 0.15) is 47.5 Å². The third kappa shape index (κ3) is 6.28. The predicted molar refractivity (Wildman–Crippen MR) is 139 cm³/mol. The molecule has 0 unspecified atom stereocenters. The molecule has 1 aliphatic heterocycles. The summed E-state index contributed by atoms with van der Waals surface area (Å²) < 4.78 is 5.44. The third-order valence-corrected chi connectivity index (χ3v) is 6.42. The molecule has 7 heteroatoms. The van der Waals surface area contributed by atoms with Gasteiger partial charge in [0.25, 0.3) is 0 Å². The van der Waals surface area contributed by atoms with Crippen molar-refractivity contribution in [3.63, 3.8) is 0 Å². The molecular formula is C28H36N4O3. The molecule has 1 fully saturated rings. The fourth-order valence-corrected chi connectivity index (χ4v) is 4.75. The van der Waals surface area contributed by atoms with Crippen LogP contribution in [-0.4, -0.2) is 51.5 Å². The van der Waals surface area contributed by atoms with E-state index in [1.54, 1.807) is 13.8 Å². The number of alkyl carbamates (subject to hydrolysis) is 1. The number of aromatic nitrogens is 2. The summed E-state index contributed by atoms with van der Waals surface area (Å²) in [6, 6.07) is 16.2. The zero-order valence-corrected chi connectivity index (χ0v) is 21.3. The van der Waals surface area contributed by atoms with Crippen molar-refractivity contribution < 1.29 is 14.6 Å². The zero-order chi connectivity index (χ0) is 25.2. The van der Waals surface area contributed by atoms with Gasteiger partial charge in [0.15, 0.2) is 0 Å². The zero-order valence-electron chi connectivity index (χ0n) is 21.3. The van der Waals surface area contributed by atoms with Gasteiger partial charge in [-0.2, -0.15) is 0 Å². The molecule has 3 aromatic rings. The van der Waals surface area contributed by atoms with E-state index < -0.39 is 23.3 Å². The summed E-state index contributed by atoms with van der Waals surface area (Å²) in [5.41, 5.74) is 0.288. The number of anilines is 1. The average Bonchev–Trinajstić information content (AvgIpc) is 2.81. The van der Waals surface area contributed by atoms with E-state index in [1.165, 1.54) is 10.8 Å². The van der Waals surface area contributed by atoms with E-state index in [9.17, 15) is 9.90 Å². The first-order valence-electron chi connectivity index (χ1n) is 12.3. The molecule has 0 spiro atoms. The Morgan fingerprint density at radius 1 is 1.06 bits per heavy atom. The predicted octanol–water partition coefficient (Wildman–Crippen LogP) is 5.18. The van der Waals surface area contributed by atoms with E-state index in [-0.39, 0.29) is 5.92 Å². The summed E-state index contributed by atoms with van der Waals surface area (Å²) >= 11 is 0. The van der Waals surface area contributed by atoms with E-state index in [4.69, 9.17) is 9.72 Å². The lowest BCUT2D eigenvalue weighted by molar-refractivity contribution is -0.00338. The number of piperidine rings is 1. The summed E-state index contributed by atoms with van der Waals surface area (Å²) in [6.07, 6.45) is 2.91. The molecule has 1 amide bonds. The Kier molecular flexibility index (Phi) is 6.99. The standard InChI is InChI=1S/C28H36N4O3/c1-27(2,3)35-26(33)31-24(28(4,5)34)20-13-16-32(17-14-20)25-29-15-12-23(30-25)22-11-10-19-8-6-7-9-21(19)18-22/h6-12,15,18,20,24,34H,13-14,16-17H2,1-5H3,(H,31,33)/t24-/m1/s1. The number of rotatable bonds is 5. The monoisotopic (exact) mass is 476 g/mol. The van der Waals surface area contributed by atoms with Crippen LogP contribution in [0.25, 0.3) is 22.0 Å². The Balaban J connectivity index is 1.45. The van der Waals surface area contributed by atoms with Crippen molar-refractivity contribution in [3.8, 4) is 11.3 Å². The Morgan fingerprint density at radius 3 is 2.40 bits per heavy atom. The second-order valence-corrected chi connectivity index (χ2v) is 10.9. The van der Waals surface area contributed by atoms with E-state index >= 15 is 0 Å². The second kappa shape index (κ2) is 9.82. The molecule has 0 bridgehead atoms. The summed E-state index contributed by atoms with van der Waals surface area (Å²) in [5, 5.41) is 16.1. The van der Waals surface area contributed by atoms with E-state index in [1.807, 2.05) is 45.2 Å². The molecule has 35 heavy (non-hydrogen) atoms. The number of nitrogens with one attached hydrogen (secondary N) is 1. The number of fused-ring (bicyclic) bond motifs is 1. The van der Waals surface area contributed by atoms with E-state index in [2.05, 4.69) is 45.5 Å². The van der Waals surface area contributed by atoms with Gasteiger partial charge in [-0.15, -0.1) is 0 Å². The van der Waals surface area contributed by atoms with Crippen molar-refractivity contribution in [2.75, 3.05) is 18.0 Å². The van der Waals surface area contributed by atoms with Crippen molar-refractivity contribution in [1.29, 1.82) is 0 Å². The maximum Gasteiger partial charge on any atom is 0.407 e. The molecule has 1 saturated heterocycles. The van der Waals surface area contributed by atoms with Crippen LogP contribution in [0.2, 0.25) is 0 Å². The summed E-state index contributed by atoms with van der Waals surface area (Å²) in [4.78, 5) is 24.0. The molecule has 4 rings (SSSR count). The number of nitrogens with zero attached hydrogens (tertiary/aromatic N) is 3. The van der Waals surface area contributed by atoms with Crippen molar-refractivity contribution >= 4 is 22.8 Å². The van der Waals surface area contributed by atoms with Gasteiger partial charge >= 0.3 is 6.09 Å². The van der Waals surface area contributed by atoms with Crippen LogP contribution in [0.15, 0.2) is 54.7 Å². The minimum atomic E-state index is -1.07. The second-order valence-electron chi connectivity index (χ2n) is 10.9. The highest BCUT2D eigenvalue weighted by molar-refractivity contribution is 5.86. The van der Waals surface area contributed by atoms with Crippen LogP contribution in [0, 0.1) is 5.92 Å². The lowest BCUT2D eigenvalue weighted by atomic mass is 9.81. The van der Waals surface area contributed by atoms with Crippen LogP contribution in [0.4, 0.5) is 10.7 Å². The van der Waals surface area contributed by atoms with E-state index in [0.717, 1.165) is 37.2 Å². The van der Waals surface area contributed by atoms with Gasteiger partial charge in [-0.3, -0.25) is 0 Å². The average molecular weight is 477 g/mol. The first-order valence-corrected chi connectivity index (χ1v) is 12.3. The number of amides is 1. The van der Waals surface area contributed by atoms with Gasteiger partial charge in [0.2, 0.25) is 5.95 Å². The highest BCUT2D eigenvalue weighted by atomic mass is 16.6. The van der Waals surface area contributed by atoms with Crippen LogP contribution < -0.4 is 10.2 Å². The molecule has 1 atom stereocenters. The fraction of sp³-hybridized carbons (Fsp3) is 0.464. The van der Waals surface area contributed by atoms with Gasteiger partial charge in [0.05, 0.1) is 17.3 Å². The molecule has 186 valence electrons. The van der Waals surface area contributed by atoms with Crippen molar-refractivity contribution in [2.45, 2.75) is 64.7 Å². The number of carbonyl (C=O) groups excluding carboxylic acids is 1. The van der Waals surface area contributed by atoms with Crippen molar-refractivity contribution in [2.24, 2.45) is 5.92 Å². The number of hydrogen-bond acceptors (Lipinski definition) is 6. The largest absolute Gasteiger partial charge is 0.444 e. The fourth-order valence-electron chi connectivity index (χ4n) is 4.75. The number of benzene rings is 2. The normalized spacial score (nSPS) is 16.2. The third-order valence-electron chi connectivity index (χ3n) is 6.42. The molecular weight excluding hydrogens is 440 g/mol. The minimum Gasteiger partial charge on any atom is -0.444 e. The van der Waals surface area contributed by atoms with Gasteiger partial charge in [0.1, 0.15) is 5.60 Å². The minimum absolute atomic E-state index is 0.113. The van der Waals surface area contributed by atoms with Gasteiger partial charge in [-0.05, 0) is 76.3 Å². The Hall–Kier alpha value is -3.19. The molecule has 1 aromatic heterocycles. The smallest absolute Gasteiger partial charge is 0.407 e. The molecule has 7 nitrogen and oxygen atoms in total. The first-order chi connectivity index (χ1) is 16.5. The molecule has 0 saturated carbocycles. The van der Waals surface area contributed by atoms with Gasteiger partial charge in [-0.1, -0.05) is 36.4 Å². The van der Waals surface area contributed by atoms with Crippen molar-refractivity contribution in [1.82, 2.24) is 15.3 Å².